The van der Waals surface area contributed by atoms with Gasteiger partial charge in [0.25, 0.3) is 5.91 Å². The number of oxazole rings is 1. The van der Waals surface area contributed by atoms with Crippen molar-refractivity contribution in [2.45, 2.75) is 38.8 Å². The van der Waals surface area contributed by atoms with Crippen molar-refractivity contribution in [3.63, 3.8) is 0 Å². The molecule has 1 aliphatic heterocycles. The van der Waals surface area contributed by atoms with Crippen LogP contribution in [0.25, 0.3) is 11.1 Å². The molecule has 6 nitrogen and oxygen atoms in total. The number of carbonyl (C=O) groups is 1. The van der Waals surface area contributed by atoms with Gasteiger partial charge in [-0.05, 0) is 46.9 Å². The van der Waals surface area contributed by atoms with Crippen LogP contribution in [0.15, 0.2) is 70.0 Å². The number of benzene rings is 2. The first-order valence-corrected chi connectivity index (χ1v) is 10.5. The highest BCUT2D eigenvalue weighted by atomic mass is 16.4. The Balaban J connectivity index is 1.53. The molecule has 156 valence electrons. The number of fused-ring (bicyclic) bond motifs is 2. The molecular weight excluding hydrogens is 390 g/mol. The number of rotatable bonds is 5. The van der Waals surface area contributed by atoms with Crippen molar-refractivity contribution in [3.05, 3.63) is 99.3 Å². The smallest absolute Gasteiger partial charge is 0.408 e. The maximum absolute atomic E-state index is 13.3. The number of amides is 1. The molecule has 1 amide bonds. The SMILES string of the molecule is CC(C)c1cccnc1CC1c2ccccc2C(=O)N1Cc1ccc2[nH]c(=O)oc2c1. The molecule has 2 aromatic carbocycles. The van der Waals surface area contributed by atoms with Crippen molar-refractivity contribution in [3.8, 4) is 0 Å². The van der Waals surface area contributed by atoms with Crippen molar-refractivity contribution >= 4 is 17.0 Å². The normalized spacial score (nSPS) is 15.8. The van der Waals surface area contributed by atoms with Gasteiger partial charge in [0.05, 0.1) is 11.6 Å². The van der Waals surface area contributed by atoms with Gasteiger partial charge >= 0.3 is 5.76 Å². The van der Waals surface area contributed by atoms with Crippen LogP contribution in [0.2, 0.25) is 0 Å². The zero-order valence-corrected chi connectivity index (χ0v) is 17.5. The Labute approximate surface area is 179 Å². The number of nitrogens with one attached hydrogen (secondary N) is 1. The Morgan fingerprint density at radius 1 is 1.10 bits per heavy atom. The van der Waals surface area contributed by atoms with E-state index in [1.54, 1.807) is 0 Å². The number of H-pyrrole nitrogens is 1. The zero-order chi connectivity index (χ0) is 21.5. The summed E-state index contributed by atoms with van der Waals surface area (Å²) in [5.41, 5.74) is 6.04. The number of aromatic amines is 1. The first-order chi connectivity index (χ1) is 15.0. The van der Waals surface area contributed by atoms with Crippen LogP contribution in [0, 0.1) is 0 Å². The highest BCUT2D eigenvalue weighted by Crippen LogP contribution is 2.38. The van der Waals surface area contributed by atoms with E-state index < -0.39 is 5.76 Å². The minimum absolute atomic E-state index is 0.0123. The lowest BCUT2D eigenvalue weighted by molar-refractivity contribution is 0.0708. The van der Waals surface area contributed by atoms with Crippen molar-refractivity contribution in [2.24, 2.45) is 0 Å². The van der Waals surface area contributed by atoms with Crippen LogP contribution in [0.1, 0.15) is 58.5 Å². The van der Waals surface area contributed by atoms with E-state index in [9.17, 15) is 9.59 Å². The van der Waals surface area contributed by atoms with Crippen molar-refractivity contribution in [2.75, 3.05) is 0 Å². The van der Waals surface area contributed by atoms with Crippen LogP contribution < -0.4 is 5.76 Å². The second kappa shape index (κ2) is 7.54. The van der Waals surface area contributed by atoms with Crippen LogP contribution in [0.4, 0.5) is 0 Å². The quantitative estimate of drug-likeness (QED) is 0.519. The lowest BCUT2D eigenvalue weighted by atomic mass is 9.94. The molecule has 0 radical (unpaired) electrons. The highest BCUT2D eigenvalue weighted by Gasteiger charge is 2.37. The summed E-state index contributed by atoms with van der Waals surface area (Å²) in [6, 6.07) is 17.3. The van der Waals surface area contributed by atoms with Crippen LogP contribution in [-0.4, -0.2) is 20.8 Å². The minimum atomic E-state index is -0.481. The lowest BCUT2D eigenvalue weighted by Crippen LogP contribution is -2.29. The van der Waals surface area contributed by atoms with E-state index in [0.29, 0.717) is 30.0 Å². The average molecular weight is 413 g/mol. The Morgan fingerprint density at radius 3 is 2.77 bits per heavy atom. The van der Waals surface area contributed by atoms with Gasteiger partial charge in [-0.25, -0.2) is 4.79 Å². The summed E-state index contributed by atoms with van der Waals surface area (Å²) in [6.07, 6.45) is 2.47. The summed E-state index contributed by atoms with van der Waals surface area (Å²) >= 11 is 0. The maximum Gasteiger partial charge on any atom is 0.417 e. The zero-order valence-electron chi connectivity index (χ0n) is 17.5. The van der Waals surface area contributed by atoms with Gasteiger partial charge in [-0.1, -0.05) is 44.2 Å². The predicted molar refractivity (Wildman–Crippen MR) is 118 cm³/mol. The van der Waals surface area contributed by atoms with Crippen molar-refractivity contribution in [1.82, 2.24) is 14.9 Å². The molecule has 0 saturated heterocycles. The molecule has 3 heterocycles. The molecule has 6 heteroatoms. The van der Waals surface area contributed by atoms with Crippen molar-refractivity contribution < 1.29 is 9.21 Å². The highest BCUT2D eigenvalue weighted by molar-refractivity contribution is 5.99. The summed E-state index contributed by atoms with van der Waals surface area (Å²) in [7, 11) is 0. The summed E-state index contributed by atoms with van der Waals surface area (Å²) < 4.78 is 5.20. The van der Waals surface area contributed by atoms with E-state index in [-0.39, 0.29) is 11.9 Å². The molecule has 2 aromatic heterocycles. The van der Waals surface area contributed by atoms with Gasteiger partial charge in [0, 0.05) is 30.4 Å². The third-order valence-corrected chi connectivity index (χ3v) is 5.96. The van der Waals surface area contributed by atoms with Gasteiger partial charge in [-0.3, -0.25) is 14.8 Å². The minimum Gasteiger partial charge on any atom is -0.408 e. The monoisotopic (exact) mass is 413 g/mol. The molecular formula is C25H23N3O3. The summed E-state index contributed by atoms with van der Waals surface area (Å²) in [5, 5.41) is 0. The van der Waals surface area contributed by atoms with Crippen LogP contribution >= 0.6 is 0 Å². The van der Waals surface area contributed by atoms with E-state index in [4.69, 9.17) is 4.42 Å². The van der Waals surface area contributed by atoms with Gasteiger partial charge < -0.3 is 9.32 Å². The summed E-state index contributed by atoms with van der Waals surface area (Å²) in [5.74, 6) is -0.118. The standard InChI is InChI=1S/C25H23N3O3/c1-15(2)17-8-5-11-26-21(17)13-22-18-6-3-4-7-19(18)24(29)28(22)14-16-9-10-20-23(12-16)31-25(30)27-20/h3-12,15,22H,13-14H2,1-2H3,(H,27,30). The molecule has 1 unspecified atom stereocenters. The molecule has 4 aromatic rings. The molecule has 5 rings (SSSR count). The van der Waals surface area contributed by atoms with Gasteiger partial charge in [-0.15, -0.1) is 0 Å². The number of hydrogen-bond donors (Lipinski definition) is 1. The van der Waals surface area contributed by atoms with Gasteiger partial charge in [-0.2, -0.15) is 0 Å². The molecule has 0 fully saturated rings. The van der Waals surface area contributed by atoms with Crippen LogP contribution in [-0.2, 0) is 13.0 Å². The topological polar surface area (TPSA) is 79.2 Å². The van der Waals surface area contributed by atoms with E-state index >= 15 is 0 Å². The molecule has 0 aliphatic carbocycles. The maximum atomic E-state index is 13.3. The first-order valence-electron chi connectivity index (χ1n) is 10.5. The van der Waals surface area contributed by atoms with Crippen molar-refractivity contribution in [1.29, 1.82) is 0 Å². The van der Waals surface area contributed by atoms with E-state index in [0.717, 1.165) is 22.4 Å². The number of pyridine rings is 1. The fourth-order valence-corrected chi connectivity index (χ4v) is 4.46. The number of nitrogens with zero attached hydrogens (tertiary/aromatic N) is 2. The first kappa shape index (κ1) is 19.3. The van der Waals surface area contributed by atoms with Crippen LogP contribution in [0.5, 0.6) is 0 Å². The molecule has 1 N–H and O–H groups in total. The third-order valence-electron chi connectivity index (χ3n) is 5.96. The lowest BCUT2D eigenvalue weighted by Gasteiger charge is -2.26. The van der Waals surface area contributed by atoms with E-state index in [2.05, 4.69) is 29.9 Å². The molecule has 31 heavy (non-hydrogen) atoms. The van der Waals surface area contributed by atoms with Gasteiger partial charge in [0.2, 0.25) is 0 Å². The number of hydrogen-bond acceptors (Lipinski definition) is 4. The number of aromatic nitrogens is 2. The molecule has 0 saturated carbocycles. The summed E-state index contributed by atoms with van der Waals surface area (Å²) in [4.78, 5) is 34.0. The Bertz CT molecular complexity index is 1340. The Hall–Kier alpha value is -3.67. The average Bonchev–Trinajstić information content (AvgIpc) is 3.26. The fraction of sp³-hybridized carbons (Fsp3) is 0.240. The van der Waals surface area contributed by atoms with Crippen LogP contribution in [0.3, 0.4) is 0 Å². The summed E-state index contributed by atoms with van der Waals surface area (Å²) in [6.45, 7) is 4.74. The molecule has 1 aliphatic rings. The van der Waals surface area contributed by atoms with Gasteiger partial charge in [0.1, 0.15) is 0 Å². The predicted octanol–water partition coefficient (Wildman–Crippen LogP) is 4.58. The van der Waals surface area contributed by atoms with Gasteiger partial charge in [0.15, 0.2) is 5.58 Å². The van der Waals surface area contributed by atoms with E-state index in [1.165, 1.54) is 5.56 Å². The largest absolute Gasteiger partial charge is 0.417 e. The molecule has 0 bridgehead atoms. The molecule has 0 spiro atoms. The third kappa shape index (κ3) is 3.44. The second-order valence-corrected chi connectivity index (χ2v) is 8.28. The number of carbonyl (C=O) groups excluding carboxylic acids is 1. The fourth-order valence-electron chi connectivity index (χ4n) is 4.46. The van der Waals surface area contributed by atoms with E-state index in [1.807, 2.05) is 59.6 Å². The Kier molecular flexibility index (Phi) is 4.70. The second-order valence-electron chi connectivity index (χ2n) is 8.28. The Morgan fingerprint density at radius 2 is 1.94 bits per heavy atom. The molecule has 1 atom stereocenters.